The van der Waals surface area contributed by atoms with Crippen LogP contribution >= 0.6 is 11.6 Å². The largest absolute Gasteiger partial charge is 0.493 e. The molecule has 0 aliphatic rings. The van der Waals surface area contributed by atoms with E-state index in [0.717, 1.165) is 0 Å². The maximum Gasteiger partial charge on any atom is 0.185 e. The molecule has 0 fully saturated rings. The fourth-order valence-electron chi connectivity index (χ4n) is 1.04. The van der Waals surface area contributed by atoms with Crippen LogP contribution in [0.5, 0.6) is 11.5 Å². The van der Waals surface area contributed by atoms with Gasteiger partial charge in [0.1, 0.15) is 0 Å². The molecule has 0 spiro atoms. The SMILES string of the molecule is COc1cc(Cl)cc(NN)c1OC. The van der Waals surface area contributed by atoms with Gasteiger partial charge in [-0.25, -0.2) is 0 Å². The number of methoxy groups -OCH3 is 2. The van der Waals surface area contributed by atoms with E-state index in [9.17, 15) is 0 Å². The summed E-state index contributed by atoms with van der Waals surface area (Å²) in [5.41, 5.74) is 3.06. The molecular weight excluding hydrogens is 192 g/mol. The minimum Gasteiger partial charge on any atom is -0.493 e. The van der Waals surface area contributed by atoms with Gasteiger partial charge in [-0.1, -0.05) is 11.6 Å². The van der Waals surface area contributed by atoms with Crippen molar-refractivity contribution in [2.45, 2.75) is 0 Å². The molecule has 0 unspecified atom stereocenters. The number of benzene rings is 1. The number of nitrogen functional groups attached to an aromatic ring is 1. The molecule has 0 bridgehead atoms. The lowest BCUT2D eigenvalue weighted by molar-refractivity contribution is 0.356. The molecule has 13 heavy (non-hydrogen) atoms. The van der Waals surface area contributed by atoms with Crippen molar-refractivity contribution < 1.29 is 9.47 Å². The van der Waals surface area contributed by atoms with Crippen LogP contribution in [0.3, 0.4) is 0 Å². The van der Waals surface area contributed by atoms with Gasteiger partial charge in [-0.3, -0.25) is 5.84 Å². The van der Waals surface area contributed by atoms with Crippen LogP contribution in [0, 0.1) is 0 Å². The third-order valence-electron chi connectivity index (χ3n) is 1.60. The summed E-state index contributed by atoms with van der Waals surface area (Å²) in [7, 11) is 3.07. The molecule has 0 heterocycles. The van der Waals surface area contributed by atoms with E-state index < -0.39 is 0 Å². The number of rotatable bonds is 3. The Hall–Kier alpha value is -1.13. The van der Waals surface area contributed by atoms with E-state index in [2.05, 4.69) is 5.43 Å². The number of ether oxygens (including phenoxy) is 2. The smallest absolute Gasteiger partial charge is 0.185 e. The van der Waals surface area contributed by atoms with Crippen LogP contribution in [-0.2, 0) is 0 Å². The second-order valence-corrected chi connectivity index (χ2v) is 2.77. The number of hydrazine groups is 1. The lowest BCUT2D eigenvalue weighted by atomic mass is 10.2. The van der Waals surface area contributed by atoms with Crippen molar-refractivity contribution in [1.82, 2.24) is 0 Å². The number of nitrogens with two attached hydrogens (primary N) is 1. The fraction of sp³-hybridized carbons (Fsp3) is 0.250. The van der Waals surface area contributed by atoms with Crippen molar-refractivity contribution >= 4 is 17.3 Å². The molecule has 72 valence electrons. The average molecular weight is 203 g/mol. The van der Waals surface area contributed by atoms with E-state index in [4.69, 9.17) is 26.9 Å². The predicted octanol–water partition coefficient (Wildman–Crippen LogP) is 1.64. The van der Waals surface area contributed by atoms with Crippen LogP contribution in [0.15, 0.2) is 12.1 Å². The van der Waals surface area contributed by atoms with Crippen LogP contribution in [0.1, 0.15) is 0 Å². The summed E-state index contributed by atoms with van der Waals surface area (Å²) >= 11 is 5.81. The van der Waals surface area contributed by atoms with E-state index in [1.807, 2.05) is 0 Å². The first-order valence-electron chi connectivity index (χ1n) is 3.61. The molecule has 3 N–H and O–H groups in total. The average Bonchev–Trinajstić information content (AvgIpc) is 2.16. The topological polar surface area (TPSA) is 56.5 Å². The minimum absolute atomic E-state index is 0.533. The van der Waals surface area contributed by atoms with Gasteiger partial charge in [0.2, 0.25) is 0 Å². The molecule has 0 amide bonds. The normalized spacial score (nSPS) is 9.54. The first-order valence-corrected chi connectivity index (χ1v) is 3.99. The van der Waals surface area contributed by atoms with Gasteiger partial charge in [0, 0.05) is 11.1 Å². The van der Waals surface area contributed by atoms with Gasteiger partial charge in [0.25, 0.3) is 0 Å². The Balaban J connectivity index is 3.25. The molecule has 0 aliphatic heterocycles. The van der Waals surface area contributed by atoms with Crippen LogP contribution in [0.4, 0.5) is 5.69 Å². The Morgan fingerprint density at radius 2 is 2.00 bits per heavy atom. The Morgan fingerprint density at radius 1 is 1.31 bits per heavy atom. The highest BCUT2D eigenvalue weighted by atomic mass is 35.5. The fourth-order valence-corrected chi connectivity index (χ4v) is 1.25. The molecule has 1 rings (SSSR count). The highest BCUT2D eigenvalue weighted by Gasteiger charge is 2.10. The summed E-state index contributed by atoms with van der Waals surface area (Å²) in [5.74, 6) is 6.36. The summed E-state index contributed by atoms with van der Waals surface area (Å²) in [6.45, 7) is 0. The minimum atomic E-state index is 0.533. The molecule has 1 aromatic carbocycles. The van der Waals surface area contributed by atoms with Crippen LogP contribution in [0.25, 0.3) is 0 Å². The summed E-state index contributed by atoms with van der Waals surface area (Å²) in [5, 5.41) is 0.533. The standard InChI is InChI=1S/C8H11ClN2O2/c1-12-7-4-5(9)3-6(11-10)8(7)13-2/h3-4,11H,10H2,1-2H3. The zero-order valence-corrected chi connectivity index (χ0v) is 8.18. The van der Waals surface area contributed by atoms with Gasteiger partial charge in [0.15, 0.2) is 11.5 Å². The summed E-state index contributed by atoms with van der Waals surface area (Å²) in [4.78, 5) is 0. The molecule has 0 saturated carbocycles. The van der Waals surface area contributed by atoms with Crippen LogP contribution in [0.2, 0.25) is 5.02 Å². The van der Waals surface area contributed by atoms with Gasteiger partial charge in [-0.15, -0.1) is 0 Å². The van der Waals surface area contributed by atoms with Crippen molar-refractivity contribution in [3.63, 3.8) is 0 Å². The zero-order valence-electron chi connectivity index (χ0n) is 7.43. The maximum absolute atomic E-state index is 5.81. The Morgan fingerprint density at radius 3 is 2.46 bits per heavy atom. The van der Waals surface area contributed by atoms with E-state index in [-0.39, 0.29) is 0 Å². The predicted molar refractivity (Wildman–Crippen MR) is 52.4 cm³/mol. The quantitative estimate of drug-likeness (QED) is 0.578. The number of nitrogens with one attached hydrogen (secondary N) is 1. The number of hydrogen-bond donors (Lipinski definition) is 2. The monoisotopic (exact) mass is 202 g/mol. The van der Waals surface area contributed by atoms with E-state index in [0.29, 0.717) is 22.2 Å². The second-order valence-electron chi connectivity index (χ2n) is 2.33. The summed E-state index contributed by atoms with van der Waals surface area (Å²) in [6, 6.07) is 3.31. The van der Waals surface area contributed by atoms with Crippen molar-refractivity contribution in [3.05, 3.63) is 17.2 Å². The lowest BCUT2D eigenvalue weighted by Crippen LogP contribution is -2.08. The van der Waals surface area contributed by atoms with Gasteiger partial charge >= 0.3 is 0 Å². The van der Waals surface area contributed by atoms with E-state index in [1.54, 1.807) is 12.1 Å². The summed E-state index contributed by atoms with van der Waals surface area (Å²) < 4.78 is 10.1. The van der Waals surface area contributed by atoms with Crippen LogP contribution < -0.4 is 20.7 Å². The first kappa shape index (κ1) is 9.95. The zero-order chi connectivity index (χ0) is 9.84. The van der Waals surface area contributed by atoms with E-state index >= 15 is 0 Å². The molecule has 4 nitrogen and oxygen atoms in total. The molecule has 5 heteroatoms. The van der Waals surface area contributed by atoms with Crippen LogP contribution in [-0.4, -0.2) is 14.2 Å². The second kappa shape index (κ2) is 4.20. The molecule has 1 aromatic rings. The number of halogens is 1. The Kier molecular flexibility index (Phi) is 3.22. The van der Waals surface area contributed by atoms with Gasteiger partial charge in [-0.05, 0) is 6.07 Å². The molecule has 0 radical (unpaired) electrons. The molecule has 0 aliphatic carbocycles. The molecule has 0 aromatic heterocycles. The highest BCUT2D eigenvalue weighted by Crippen LogP contribution is 2.37. The highest BCUT2D eigenvalue weighted by molar-refractivity contribution is 6.31. The first-order chi connectivity index (χ1) is 6.22. The van der Waals surface area contributed by atoms with Crippen molar-refractivity contribution in [2.75, 3.05) is 19.6 Å². The van der Waals surface area contributed by atoms with Crippen molar-refractivity contribution in [2.24, 2.45) is 5.84 Å². The van der Waals surface area contributed by atoms with Gasteiger partial charge in [0.05, 0.1) is 19.9 Å². The van der Waals surface area contributed by atoms with Crippen molar-refractivity contribution in [3.8, 4) is 11.5 Å². The third-order valence-corrected chi connectivity index (χ3v) is 1.82. The Bertz CT molecular complexity index is 279. The van der Waals surface area contributed by atoms with Gasteiger partial charge < -0.3 is 14.9 Å². The van der Waals surface area contributed by atoms with Gasteiger partial charge in [-0.2, -0.15) is 0 Å². The molecule has 0 saturated heterocycles. The molecule has 0 atom stereocenters. The van der Waals surface area contributed by atoms with E-state index in [1.165, 1.54) is 14.2 Å². The van der Waals surface area contributed by atoms with Crippen molar-refractivity contribution in [1.29, 1.82) is 0 Å². The number of hydrogen-bond acceptors (Lipinski definition) is 4. The Labute approximate surface area is 81.6 Å². The lowest BCUT2D eigenvalue weighted by Gasteiger charge is -2.12. The number of anilines is 1. The summed E-state index contributed by atoms with van der Waals surface area (Å²) in [6.07, 6.45) is 0. The maximum atomic E-state index is 5.81. The third kappa shape index (κ3) is 1.96. The molecular formula is C8H11ClN2O2.